The number of pyridine rings is 1. The van der Waals surface area contributed by atoms with Crippen LogP contribution >= 0.6 is 0 Å². The Labute approximate surface area is 103 Å². The predicted octanol–water partition coefficient (Wildman–Crippen LogP) is 1.04. The molecule has 2 rings (SSSR count). The zero-order chi connectivity index (χ0) is 13.1. The third kappa shape index (κ3) is 2.42. The van der Waals surface area contributed by atoms with Crippen LogP contribution in [0.2, 0.25) is 0 Å². The van der Waals surface area contributed by atoms with Gasteiger partial charge in [-0.1, -0.05) is 0 Å². The summed E-state index contributed by atoms with van der Waals surface area (Å²) in [7, 11) is 1.75. The molecule has 2 aromatic heterocycles. The third-order valence-corrected chi connectivity index (χ3v) is 2.37. The summed E-state index contributed by atoms with van der Waals surface area (Å²) in [6, 6.07) is 1.60. The number of hydrogen-bond donors (Lipinski definition) is 1. The highest BCUT2D eigenvalue weighted by Crippen LogP contribution is 2.25. The average molecular weight is 248 g/mol. The maximum atomic E-state index is 10.9. The van der Waals surface area contributed by atoms with E-state index in [-0.39, 0.29) is 18.1 Å². The lowest BCUT2D eigenvalue weighted by Gasteiger charge is -2.05. The van der Waals surface area contributed by atoms with Gasteiger partial charge >= 0.3 is 5.69 Å². The Morgan fingerprint density at radius 2 is 2.28 bits per heavy atom. The van der Waals surface area contributed by atoms with Crippen LogP contribution in [0.5, 0.6) is 0 Å². The fourth-order valence-electron chi connectivity index (χ4n) is 1.54. The Balaban J connectivity index is 2.19. The lowest BCUT2D eigenvalue weighted by atomic mass is 10.2. The van der Waals surface area contributed by atoms with Crippen LogP contribution in [0.25, 0.3) is 0 Å². The largest absolute Gasteiger partial charge is 0.357 e. The lowest BCUT2D eigenvalue weighted by molar-refractivity contribution is -0.384. The monoisotopic (exact) mass is 248 g/mol. The van der Waals surface area contributed by atoms with Crippen molar-refractivity contribution in [2.45, 2.75) is 13.5 Å². The number of hydrogen-bond acceptors (Lipinski definition) is 6. The summed E-state index contributed by atoms with van der Waals surface area (Å²) in [5.41, 5.74) is 0.542. The first-order valence-corrected chi connectivity index (χ1v) is 5.26. The van der Waals surface area contributed by atoms with Crippen LogP contribution in [0, 0.1) is 17.0 Å². The van der Waals surface area contributed by atoms with Gasteiger partial charge in [0.25, 0.3) is 0 Å². The van der Waals surface area contributed by atoms with Gasteiger partial charge < -0.3 is 5.32 Å². The molecule has 0 aliphatic rings. The van der Waals surface area contributed by atoms with Gasteiger partial charge in [0.05, 0.1) is 11.5 Å². The summed E-state index contributed by atoms with van der Waals surface area (Å²) >= 11 is 0. The summed E-state index contributed by atoms with van der Waals surface area (Å²) in [5.74, 6) is 0.780. The Hall–Kier alpha value is -2.51. The van der Waals surface area contributed by atoms with Gasteiger partial charge in [-0.15, -0.1) is 0 Å². The molecule has 8 nitrogen and oxygen atoms in total. The molecule has 2 aromatic rings. The maximum Gasteiger partial charge on any atom is 0.314 e. The van der Waals surface area contributed by atoms with Crippen molar-refractivity contribution in [2.75, 3.05) is 5.32 Å². The molecule has 0 saturated carbocycles. The van der Waals surface area contributed by atoms with E-state index in [9.17, 15) is 10.1 Å². The van der Waals surface area contributed by atoms with Crippen LogP contribution < -0.4 is 5.32 Å². The van der Waals surface area contributed by atoms with Crippen molar-refractivity contribution in [3.05, 3.63) is 40.1 Å². The van der Waals surface area contributed by atoms with Crippen molar-refractivity contribution in [3.63, 3.8) is 0 Å². The van der Waals surface area contributed by atoms with Gasteiger partial charge in [0.2, 0.25) is 5.82 Å². The second-order valence-electron chi connectivity index (χ2n) is 3.77. The van der Waals surface area contributed by atoms with E-state index in [0.717, 1.165) is 0 Å². The highest BCUT2D eigenvalue weighted by atomic mass is 16.6. The third-order valence-electron chi connectivity index (χ3n) is 2.37. The van der Waals surface area contributed by atoms with Crippen molar-refractivity contribution < 1.29 is 4.92 Å². The zero-order valence-corrected chi connectivity index (χ0v) is 9.99. The summed E-state index contributed by atoms with van der Waals surface area (Å²) < 4.78 is 1.56. The molecule has 0 bridgehead atoms. The van der Waals surface area contributed by atoms with Crippen LogP contribution in [0.3, 0.4) is 0 Å². The lowest BCUT2D eigenvalue weighted by Crippen LogP contribution is -2.07. The molecule has 0 spiro atoms. The number of anilines is 1. The van der Waals surface area contributed by atoms with Crippen LogP contribution in [0.1, 0.15) is 11.4 Å². The maximum absolute atomic E-state index is 10.9. The summed E-state index contributed by atoms with van der Waals surface area (Å²) in [4.78, 5) is 18.5. The standard InChI is InChI=1S/C10H12N6O2/c1-7-3-4-11-10(9(7)16(17)18)12-5-8-13-6-15(2)14-8/h3-4,6H,5H2,1-2H3,(H,11,12). The Morgan fingerprint density at radius 1 is 1.50 bits per heavy atom. The van der Waals surface area contributed by atoms with Gasteiger partial charge in [-0.2, -0.15) is 5.10 Å². The minimum Gasteiger partial charge on any atom is -0.357 e. The molecule has 0 radical (unpaired) electrons. The molecule has 0 saturated heterocycles. The molecule has 94 valence electrons. The topological polar surface area (TPSA) is 98.8 Å². The Morgan fingerprint density at radius 3 is 2.89 bits per heavy atom. The molecule has 1 N–H and O–H groups in total. The first kappa shape index (κ1) is 12.0. The fraction of sp³-hybridized carbons (Fsp3) is 0.300. The molecule has 2 heterocycles. The molecule has 18 heavy (non-hydrogen) atoms. The first-order valence-electron chi connectivity index (χ1n) is 5.26. The molecule has 0 amide bonds. The normalized spacial score (nSPS) is 10.3. The second-order valence-corrected chi connectivity index (χ2v) is 3.77. The second kappa shape index (κ2) is 4.78. The van der Waals surface area contributed by atoms with Gasteiger partial charge in [-0.3, -0.25) is 14.8 Å². The molecule has 0 aromatic carbocycles. The van der Waals surface area contributed by atoms with Crippen LogP contribution in [0.15, 0.2) is 18.6 Å². The van der Waals surface area contributed by atoms with Crippen LogP contribution in [-0.2, 0) is 13.6 Å². The van der Waals surface area contributed by atoms with Crippen molar-refractivity contribution in [1.82, 2.24) is 19.7 Å². The number of aromatic nitrogens is 4. The zero-order valence-electron chi connectivity index (χ0n) is 9.99. The van der Waals surface area contributed by atoms with E-state index < -0.39 is 4.92 Å². The summed E-state index contributed by atoms with van der Waals surface area (Å²) in [5, 5.41) is 17.9. The quantitative estimate of drug-likeness (QED) is 0.641. The smallest absolute Gasteiger partial charge is 0.314 e. The Bertz CT molecular complexity index is 579. The minimum absolute atomic E-state index is 0.0200. The van der Waals surface area contributed by atoms with Gasteiger partial charge in [0.1, 0.15) is 6.33 Å². The van der Waals surface area contributed by atoms with Crippen LogP contribution in [-0.4, -0.2) is 24.7 Å². The highest BCUT2D eigenvalue weighted by Gasteiger charge is 2.18. The van der Waals surface area contributed by atoms with Crippen molar-refractivity contribution in [3.8, 4) is 0 Å². The van der Waals surface area contributed by atoms with Crippen LogP contribution in [0.4, 0.5) is 11.5 Å². The van der Waals surface area contributed by atoms with E-state index in [1.165, 1.54) is 6.20 Å². The van der Waals surface area contributed by atoms with Gasteiger partial charge in [0, 0.05) is 18.8 Å². The van der Waals surface area contributed by atoms with E-state index in [1.807, 2.05) is 0 Å². The molecule has 0 atom stereocenters. The van der Waals surface area contributed by atoms with E-state index in [2.05, 4.69) is 20.4 Å². The van der Waals surface area contributed by atoms with Gasteiger partial charge in [-0.05, 0) is 13.0 Å². The first-order chi connectivity index (χ1) is 8.58. The average Bonchev–Trinajstić information content (AvgIpc) is 2.72. The number of rotatable bonds is 4. The van der Waals surface area contributed by atoms with E-state index in [4.69, 9.17) is 0 Å². The minimum atomic E-state index is -0.448. The van der Waals surface area contributed by atoms with Crippen molar-refractivity contribution >= 4 is 11.5 Å². The predicted molar refractivity (Wildman–Crippen MR) is 64.0 cm³/mol. The molecule has 0 unspecified atom stereocenters. The van der Waals surface area contributed by atoms with Gasteiger partial charge in [-0.25, -0.2) is 9.97 Å². The molecule has 0 aliphatic carbocycles. The number of aryl methyl sites for hydroxylation is 2. The van der Waals surface area contributed by atoms with Crippen molar-refractivity contribution in [2.24, 2.45) is 7.05 Å². The number of nitrogens with one attached hydrogen (secondary N) is 1. The number of nitrogens with zero attached hydrogens (tertiary/aromatic N) is 5. The van der Waals surface area contributed by atoms with E-state index in [1.54, 1.807) is 31.0 Å². The summed E-state index contributed by atoms with van der Waals surface area (Å²) in [6.45, 7) is 1.96. The molecule has 0 fully saturated rings. The molecular formula is C10H12N6O2. The highest BCUT2D eigenvalue weighted by molar-refractivity contribution is 5.59. The van der Waals surface area contributed by atoms with Gasteiger partial charge in [0.15, 0.2) is 5.82 Å². The van der Waals surface area contributed by atoms with E-state index >= 15 is 0 Å². The fourth-order valence-corrected chi connectivity index (χ4v) is 1.54. The SMILES string of the molecule is Cc1ccnc(NCc2ncn(C)n2)c1[N+](=O)[O-]. The molecule has 8 heteroatoms. The van der Waals surface area contributed by atoms with E-state index in [0.29, 0.717) is 11.4 Å². The Kier molecular flexibility index (Phi) is 3.18. The summed E-state index contributed by atoms with van der Waals surface area (Å²) in [6.07, 6.45) is 3.09. The molecule has 0 aliphatic heterocycles. The molecular weight excluding hydrogens is 236 g/mol. The number of nitro groups is 1. The van der Waals surface area contributed by atoms with Crippen molar-refractivity contribution in [1.29, 1.82) is 0 Å².